The maximum atomic E-state index is 13.4. The van der Waals surface area contributed by atoms with E-state index in [0.717, 1.165) is 0 Å². The van der Waals surface area contributed by atoms with Gasteiger partial charge in [-0.2, -0.15) is 0 Å². The van der Waals surface area contributed by atoms with Gasteiger partial charge in [0.05, 0.1) is 13.1 Å². The molecule has 7 heteroatoms. The van der Waals surface area contributed by atoms with Crippen LogP contribution in [0, 0.1) is 11.6 Å². The number of rotatable bonds is 7. The van der Waals surface area contributed by atoms with E-state index in [4.69, 9.17) is 4.74 Å². The summed E-state index contributed by atoms with van der Waals surface area (Å²) in [6.45, 7) is 5.16. The molecule has 0 aliphatic heterocycles. The minimum Gasteiger partial charge on any atom is -0.505 e. The molecule has 0 radical (unpaired) electrons. The Labute approximate surface area is 151 Å². The topological polar surface area (TPSA) is 65.9 Å². The first-order valence-electron chi connectivity index (χ1n) is 8.39. The maximum Gasteiger partial charge on any atom is 0.191 e. The number of phenols is 1. The van der Waals surface area contributed by atoms with E-state index >= 15 is 0 Å². The van der Waals surface area contributed by atoms with Crippen LogP contribution in [0.15, 0.2) is 47.5 Å². The van der Waals surface area contributed by atoms with E-state index in [2.05, 4.69) is 15.6 Å². The van der Waals surface area contributed by atoms with E-state index in [9.17, 15) is 13.9 Å². The molecule has 0 bridgehead atoms. The van der Waals surface area contributed by atoms with Crippen molar-refractivity contribution >= 4 is 5.96 Å². The van der Waals surface area contributed by atoms with E-state index in [1.165, 1.54) is 24.3 Å². The van der Waals surface area contributed by atoms with Crippen LogP contribution in [0.3, 0.4) is 0 Å². The Hall–Kier alpha value is -2.83. The lowest BCUT2D eigenvalue weighted by molar-refractivity contribution is 0.223. The highest BCUT2D eigenvalue weighted by Crippen LogP contribution is 2.16. The van der Waals surface area contributed by atoms with Gasteiger partial charge in [0.25, 0.3) is 0 Å². The van der Waals surface area contributed by atoms with Crippen molar-refractivity contribution in [3.63, 3.8) is 0 Å². The van der Waals surface area contributed by atoms with E-state index in [-0.39, 0.29) is 24.2 Å². The first-order chi connectivity index (χ1) is 12.5. The third-order valence-electron chi connectivity index (χ3n) is 3.47. The molecule has 140 valence electrons. The number of hydrogen-bond acceptors (Lipinski definition) is 3. The number of ether oxygens (including phenoxy) is 1. The second kappa shape index (κ2) is 9.60. The van der Waals surface area contributed by atoms with Gasteiger partial charge in [0, 0.05) is 12.6 Å². The second-order valence-corrected chi connectivity index (χ2v) is 5.75. The fourth-order valence-electron chi connectivity index (χ4n) is 2.22. The third kappa shape index (κ3) is 6.23. The highest BCUT2D eigenvalue weighted by atomic mass is 19.1. The Morgan fingerprint density at radius 1 is 1.19 bits per heavy atom. The maximum absolute atomic E-state index is 13.4. The molecular formula is C19H23F2N3O2. The van der Waals surface area contributed by atoms with E-state index in [1.54, 1.807) is 18.2 Å². The number of aromatic hydroxyl groups is 1. The van der Waals surface area contributed by atoms with Crippen molar-refractivity contribution in [1.29, 1.82) is 0 Å². The smallest absolute Gasteiger partial charge is 0.191 e. The van der Waals surface area contributed by atoms with Crippen molar-refractivity contribution in [1.82, 2.24) is 10.6 Å². The lowest BCUT2D eigenvalue weighted by atomic mass is 10.2. The summed E-state index contributed by atoms with van der Waals surface area (Å²) in [5.74, 6) is -0.394. The fraction of sp³-hybridized carbons (Fsp3) is 0.316. The Bertz CT molecular complexity index is 753. The average Bonchev–Trinajstić information content (AvgIpc) is 2.60. The van der Waals surface area contributed by atoms with Crippen LogP contribution in [0.4, 0.5) is 8.78 Å². The summed E-state index contributed by atoms with van der Waals surface area (Å²) in [7, 11) is 0. The van der Waals surface area contributed by atoms with Gasteiger partial charge in [-0.3, -0.25) is 0 Å². The summed E-state index contributed by atoms with van der Waals surface area (Å²) in [5, 5.41) is 15.4. The number of nitrogens with one attached hydrogen (secondary N) is 2. The molecule has 1 atom stereocenters. The standard InChI is InChI=1S/C19H23F2N3O2/c1-3-22-19(24-12-14-7-8-18(25)17(21)9-14)23-11-13(2)26-16-6-4-5-15(20)10-16/h4-10,13,25H,3,11-12H2,1-2H3,(H2,22,23,24). The molecule has 0 heterocycles. The molecular weight excluding hydrogens is 340 g/mol. The monoisotopic (exact) mass is 363 g/mol. The van der Waals surface area contributed by atoms with Gasteiger partial charge in [-0.25, -0.2) is 13.8 Å². The number of aliphatic imine (C=N–C) groups is 1. The van der Waals surface area contributed by atoms with Crippen molar-refractivity contribution < 1.29 is 18.6 Å². The molecule has 0 fully saturated rings. The van der Waals surface area contributed by atoms with Gasteiger partial charge >= 0.3 is 0 Å². The number of phenolic OH excluding ortho intramolecular Hbond substituents is 1. The van der Waals surface area contributed by atoms with Crippen molar-refractivity contribution in [2.75, 3.05) is 13.1 Å². The van der Waals surface area contributed by atoms with Gasteiger partial charge in [0.15, 0.2) is 17.5 Å². The van der Waals surface area contributed by atoms with Crippen LogP contribution in [0.2, 0.25) is 0 Å². The molecule has 0 aliphatic rings. The van der Waals surface area contributed by atoms with Gasteiger partial charge in [-0.05, 0) is 43.7 Å². The summed E-state index contributed by atoms with van der Waals surface area (Å²) in [6, 6.07) is 10.1. The van der Waals surface area contributed by atoms with Crippen molar-refractivity contribution in [2.24, 2.45) is 4.99 Å². The molecule has 2 aromatic rings. The zero-order valence-electron chi connectivity index (χ0n) is 14.8. The normalized spacial score (nSPS) is 12.5. The fourth-order valence-corrected chi connectivity index (χ4v) is 2.22. The van der Waals surface area contributed by atoms with Gasteiger partial charge < -0.3 is 20.5 Å². The predicted molar refractivity (Wildman–Crippen MR) is 97.4 cm³/mol. The Kier molecular flexibility index (Phi) is 7.20. The average molecular weight is 363 g/mol. The number of hydrogen-bond donors (Lipinski definition) is 3. The number of halogens is 2. The van der Waals surface area contributed by atoms with Crippen LogP contribution in [0.25, 0.3) is 0 Å². The largest absolute Gasteiger partial charge is 0.505 e. The molecule has 0 aromatic heterocycles. The number of nitrogens with zero attached hydrogens (tertiary/aromatic N) is 1. The van der Waals surface area contributed by atoms with Crippen molar-refractivity contribution in [2.45, 2.75) is 26.5 Å². The number of benzene rings is 2. The highest BCUT2D eigenvalue weighted by Gasteiger charge is 2.07. The molecule has 2 rings (SSSR count). The molecule has 0 spiro atoms. The molecule has 0 amide bonds. The second-order valence-electron chi connectivity index (χ2n) is 5.75. The first-order valence-corrected chi connectivity index (χ1v) is 8.39. The predicted octanol–water partition coefficient (Wildman–Crippen LogP) is 3.19. The summed E-state index contributed by atoms with van der Waals surface area (Å²) < 4.78 is 32.2. The van der Waals surface area contributed by atoms with Crippen molar-refractivity contribution in [3.8, 4) is 11.5 Å². The zero-order valence-corrected chi connectivity index (χ0v) is 14.8. The molecule has 0 aliphatic carbocycles. The van der Waals surface area contributed by atoms with E-state index in [1.807, 2.05) is 13.8 Å². The van der Waals surface area contributed by atoms with Crippen LogP contribution in [0.5, 0.6) is 11.5 Å². The molecule has 0 saturated carbocycles. The molecule has 0 saturated heterocycles. The van der Waals surface area contributed by atoms with Crippen LogP contribution < -0.4 is 15.4 Å². The summed E-state index contributed by atoms with van der Waals surface area (Å²) in [6.07, 6.45) is -0.216. The minimum atomic E-state index is -0.673. The van der Waals surface area contributed by atoms with Crippen LogP contribution >= 0.6 is 0 Å². The molecule has 26 heavy (non-hydrogen) atoms. The van der Waals surface area contributed by atoms with Crippen LogP contribution in [-0.2, 0) is 6.54 Å². The summed E-state index contributed by atoms with van der Waals surface area (Å²) >= 11 is 0. The Morgan fingerprint density at radius 2 is 2.00 bits per heavy atom. The van der Waals surface area contributed by atoms with Crippen LogP contribution in [0.1, 0.15) is 19.4 Å². The molecule has 2 aromatic carbocycles. The molecule has 1 unspecified atom stereocenters. The highest BCUT2D eigenvalue weighted by molar-refractivity contribution is 5.79. The van der Waals surface area contributed by atoms with Gasteiger partial charge in [-0.1, -0.05) is 12.1 Å². The lowest BCUT2D eigenvalue weighted by Gasteiger charge is -2.17. The summed E-state index contributed by atoms with van der Waals surface area (Å²) in [5.41, 5.74) is 0.640. The molecule has 3 N–H and O–H groups in total. The Morgan fingerprint density at radius 3 is 2.69 bits per heavy atom. The first kappa shape index (κ1) is 19.5. The Balaban J connectivity index is 1.90. The van der Waals surface area contributed by atoms with Gasteiger partial charge in [0.2, 0.25) is 0 Å². The quantitative estimate of drug-likeness (QED) is 0.522. The van der Waals surface area contributed by atoms with Crippen LogP contribution in [-0.4, -0.2) is 30.3 Å². The van der Waals surface area contributed by atoms with E-state index in [0.29, 0.717) is 30.4 Å². The number of guanidine groups is 1. The summed E-state index contributed by atoms with van der Waals surface area (Å²) in [4.78, 5) is 4.38. The minimum absolute atomic E-state index is 0.216. The van der Waals surface area contributed by atoms with E-state index < -0.39 is 5.82 Å². The lowest BCUT2D eigenvalue weighted by Crippen LogP contribution is -2.41. The molecule has 5 nitrogen and oxygen atoms in total. The third-order valence-corrected chi connectivity index (χ3v) is 3.47. The van der Waals surface area contributed by atoms with Crippen molar-refractivity contribution in [3.05, 3.63) is 59.7 Å². The SMILES string of the molecule is CCNC(=NCc1ccc(O)c(F)c1)NCC(C)Oc1cccc(F)c1. The van der Waals surface area contributed by atoms with Gasteiger partial charge in [0.1, 0.15) is 17.7 Å². The zero-order chi connectivity index (χ0) is 18.9. The van der Waals surface area contributed by atoms with Gasteiger partial charge in [-0.15, -0.1) is 0 Å².